The van der Waals surface area contributed by atoms with Gasteiger partial charge in [-0.15, -0.1) is 0 Å². The molecule has 2 heterocycles. The molecule has 16 heavy (non-hydrogen) atoms. The second-order valence-corrected chi connectivity index (χ2v) is 5.08. The molecule has 0 aliphatic rings. The number of nitrogens with zero attached hydrogens (tertiary/aromatic N) is 2. The zero-order chi connectivity index (χ0) is 11.4. The minimum atomic E-state index is 0.718. The van der Waals surface area contributed by atoms with E-state index in [4.69, 9.17) is 5.73 Å². The van der Waals surface area contributed by atoms with E-state index in [0.717, 1.165) is 26.5 Å². The van der Waals surface area contributed by atoms with Crippen LogP contribution in [0.15, 0.2) is 46.3 Å². The largest absolute Gasteiger partial charge is 0.397 e. The van der Waals surface area contributed by atoms with Crippen molar-refractivity contribution >= 4 is 33.4 Å². The Balaban J connectivity index is 2.05. The van der Waals surface area contributed by atoms with E-state index in [1.54, 1.807) is 24.2 Å². The Hall–Kier alpha value is -1.07. The second kappa shape index (κ2) is 5.32. The first-order chi connectivity index (χ1) is 7.75. The molecule has 0 spiro atoms. The lowest BCUT2D eigenvalue weighted by Gasteiger charge is -2.03. The molecule has 0 aromatic carbocycles. The third-order valence-electron chi connectivity index (χ3n) is 1.94. The zero-order valence-electron chi connectivity index (χ0n) is 8.43. The number of rotatable bonds is 3. The summed E-state index contributed by atoms with van der Waals surface area (Å²) in [4.78, 5) is 8.33. The maximum Gasteiger partial charge on any atom is 0.119 e. The number of pyridine rings is 2. The lowest BCUT2D eigenvalue weighted by molar-refractivity contribution is 1.14. The van der Waals surface area contributed by atoms with Gasteiger partial charge in [0.15, 0.2) is 0 Å². The predicted molar refractivity (Wildman–Crippen MR) is 70.1 cm³/mol. The fourth-order valence-corrected chi connectivity index (χ4v) is 2.45. The van der Waals surface area contributed by atoms with Crippen LogP contribution in [0.25, 0.3) is 0 Å². The Morgan fingerprint density at radius 3 is 3.00 bits per heavy atom. The molecule has 0 aliphatic carbocycles. The van der Waals surface area contributed by atoms with Gasteiger partial charge < -0.3 is 5.73 Å². The predicted octanol–water partition coefficient (Wildman–Crippen LogP) is 3.11. The molecule has 0 unspecified atom stereocenters. The van der Waals surface area contributed by atoms with Gasteiger partial charge >= 0.3 is 0 Å². The molecule has 82 valence electrons. The molecule has 0 aliphatic heterocycles. The van der Waals surface area contributed by atoms with Crippen molar-refractivity contribution < 1.29 is 0 Å². The molecule has 0 bridgehead atoms. The molecule has 0 atom stereocenters. The van der Waals surface area contributed by atoms with Crippen LogP contribution in [0.1, 0.15) is 5.56 Å². The summed E-state index contributed by atoms with van der Waals surface area (Å²) in [5.74, 6) is 0.813. The molecule has 2 rings (SSSR count). The summed E-state index contributed by atoms with van der Waals surface area (Å²) < 4.78 is 0.986. The highest BCUT2D eigenvalue weighted by Crippen LogP contribution is 2.25. The number of anilines is 1. The van der Waals surface area contributed by atoms with Crippen molar-refractivity contribution in [2.75, 3.05) is 5.73 Å². The average Bonchev–Trinajstić information content (AvgIpc) is 2.28. The SMILES string of the molecule is Nc1cccnc1SCc1cncc(Br)c1. The van der Waals surface area contributed by atoms with Crippen molar-refractivity contribution in [1.82, 2.24) is 9.97 Å². The standard InChI is InChI=1S/C11H10BrN3S/c12-9-4-8(5-14-6-9)7-16-11-10(13)2-1-3-15-11/h1-6H,7,13H2. The van der Waals surface area contributed by atoms with Crippen LogP contribution in [0.4, 0.5) is 5.69 Å². The smallest absolute Gasteiger partial charge is 0.119 e. The molecule has 0 amide bonds. The third kappa shape index (κ3) is 2.96. The lowest BCUT2D eigenvalue weighted by Crippen LogP contribution is -1.91. The van der Waals surface area contributed by atoms with Crippen molar-refractivity contribution in [1.29, 1.82) is 0 Å². The normalized spacial score (nSPS) is 10.3. The molecule has 2 aromatic rings. The number of nitrogens with two attached hydrogens (primary N) is 1. The number of nitrogen functional groups attached to an aromatic ring is 1. The molecule has 0 saturated heterocycles. The van der Waals surface area contributed by atoms with E-state index in [2.05, 4.69) is 25.9 Å². The summed E-state index contributed by atoms with van der Waals surface area (Å²) in [6, 6.07) is 5.73. The first-order valence-corrected chi connectivity index (χ1v) is 6.46. The summed E-state index contributed by atoms with van der Waals surface area (Å²) >= 11 is 5.00. The van der Waals surface area contributed by atoms with Gasteiger partial charge in [-0.2, -0.15) is 0 Å². The van der Waals surface area contributed by atoms with E-state index in [-0.39, 0.29) is 0 Å². The number of thioether (sulfide) groups is 1. The summed E-state index contributed by atoms with van der Waals surface area (Å²) in [7, 11) is 0. The number of hydrogen-bond acceptors (Lipinski definition) is 4. The minimum Gasteiger partial charge on any atom is -0.397 e. The third-order valence-corrected chi connectivity index (χ3v) is 3.46. The van der Waals surface area contributed by atoms with Gasteiger partial charge in [-0.3, -0.25) is 4.98 Å². The maximum absolute atomic E-state index is 5.81. The highest BCUT2D eigenvalue weighted by Gasteiger charge is 2.01. The van der Waals surface area contributed by atoms with Crippen molar-refractivity contribution in [3.8, 4) is 0 Å². The van der Waals surface area contributed by atoms with E-state index in [0.29, 0.717) is 0 Å². The van der Waals surface area contributed by atoms with Gasteiger partial charge in [-0.1, -0.05) is 11.8 Å². The van der Waals surface area contributed by atoms with Gasteiger partial charge in [0.25, 0.3) is 0 Å². The van der Waals surface area contributed by atoms with E-state index >= 15 is 0 Å². The van der Waals surface area contributed by atoms with E-state index in [9.17, 15) is 0 Å². The summed E-state index contributed by atoms with van der Waals surface area (Å²) in [6.07, 6.45) is 5.36. The van der Waals surface area contributed by atoms with Crippen LogP contribution >= 0.6 is 27.7 Å². The maximum atomic E-state index is 5.81. The Bertz CT molecular complexity index is 490. The first-order valence-electron chi connectivity index (χ1n) is 4.68. The van der Waals surface area contributed by atoms with Gasteiger partial charge in [0, 0.05) is 28.8 Å². The van der Waals surface area contributed by atoms with Crippen LogP contribution in [0.3, 0.4) is 0 Å². The summed E-state index contributed by atoms with van der Waals surface area (Å²) in [5, 5.41) is 0.863. The van der Waals surface area contributed by atoms with Crippen LogP contribution in [0, 0.1) is 0 Å². The Morgan fingerprint density at radius 2 is 2.25 bits per heavy atom. The highest BCUT2D eigenvalue weighted by atomic mass is 79.9. The molecule has 0 radical (unpaired) electrons. The number of aromatic nitrogens is 2. The molecular formula is C11H10BrN3S. The van der Waals surface area contributed by atoms with Gasteiger partial charge in [0.2, 0.25) is 0 Å². The lowest BCUT2D eigenvalue weighted by atomic mass is 10.3. The van der Waals surface area contributed by atoms with Crippen molar-refractivity contribution in [3.63, 3.8) is 0 Å². The van der Waals surface area contributed by atoms with E-state index in [1.165, 1.54) is 0 Å². The molecule has 5 heteroatoms. The van der Waals surface area contributed by atoms with Crippen LogP contribution in [-0.4, -0.2) is 9.97 Å². The topological polar surface area (TPSA) is 51.8 Å². The molecule has 0 fully saturated rings. The van der Waals surface area contributed by atoms with Gasteiger partial charge in [-0.05, 0) is 39.7 Å². The van der Waals surface area contributed by atoms with Crippen LogP contribution in [0.5, 0.6) is 0 Å². The Kier molecular flexibility index (Phi) is 3.79. The average molecular weight is 296 g/mol. The molecule has 0 saturated carbocycles. The van der Waals surface area contributed by atoms with Gasteiger partial charge in [0.1, 0.15) is 5.03 Å². The zero-order valence-corrected chi connectivity index (χ0v) is 10.8. The molecule has 3 nitrogen and oxygen atoms in total. The van der Waals surface area contributed by atoms with Crippen molar-refractivity contribution in [2.24, 2.45) is 0 Å². The van der Waals surface area contributed by atoms with Gasteiger partial charge in [-0.25, -0.2) is 4.98 Å². The quantitative estimate of drug-likeness (QED) is 0.884. The first kappa shape index (κ1) is 11.4. The second-order valence-electron chi connectivity index (χ2n) is 3.20. The molecular weight excluding hydrogens is 286 g/mol. The van der Waals surface area contributed by atoms with Crippen LogP contribution < -0.4 is 5.73 Å². The molecule has 2 aromatic heterocycles. The minimum absolute atomic E-state index is 0.718. The summed E-state index contributed by atoms with van der Waals surface area (Å²) in [5.41, 5.74) is 7.67. The monoisotopic (exact) mass is 295 g/mol. The van der Waals surface area contributed by atoms with E-state index in [1.807, 2.05) is 24.4 Å². The fraction of sp³-hybridized carbons (Fsp3) is 0.0909. The highest BCUT2D eigenvalue weighted by molar-refractivity contribution is 9.10. The number of hydrogen-bond donors (Lipinski definition) is 1. The van der Waals surface area contributed by atoms with Crippen molar-refractivity contribution in [3.05, 3.63) is 46.8 Å². The Labute approximate surface area is 107 Å². The molecule has 2 N–H and O–H groups in total. The van der Waals surface area contributed by atoms with Crippen LogP contribution in [0.2, 0.25) is 0 Å². The summed E-state index contributed by atoms with van der Waals surface area (Å²) in [6.45, 7) is 0. The van der Waals surface area contributed by atoms with Crippen molar-refractivity contribution in [2.45, 2.75) is 10.8 Å². The Morgan fingerprint density at radius 1 is 1.38 bits per heavy atom. The van der Waals surface area contributed by atoms with Crippen LogP contribution in [-0.2, 0) is 5.75 Å². The van der Waals surface area contributed by atoms with Gasteiger partial charge in [0.05, 0.1) is 5.69 Å². The number of halogens is 1. The fourth-order valence-electron chi connectivity index (χ4n) is 1.21. The van der Waals surface area contributed by atoms with E-state index < -0.39 is 0 Å².